The predicted molar refractivity (Wildman–Crippen MR) is 67.6 cm³/mol. The Kier molecular flexibility index (Phi) is 4.36. The average molecular weight is 293 g/mol. The van der Waals surface area contributed by atoms with E-state index in [1.54, 1.807) is 0 Å². The summed E-state index contributed by atoms with van der Waals surface area (Å²) in [4.78, 5) is -0.273. The van der Waals surface area contributed by atoms with E-state index < -0.39 is 25.9 Å². The first-order valence-electron chi connectivity index (χ1n) is 5.10. The van der Waals surface area contributed by atoms with E-state index in [1.165, 1.54) is 31.2 Å². The molecule has 1 aromatic rings. The molecule has 18 heavy (non-hydrogen) atoms. The summed E-state index contributed by atoms with van der Waals surface area (Å²) in [6.45, 7) is 1.44. The average Bonchev–Trinajstić information content (AvgIpc) is 2.13. The molecule has 0 heterocycles. The number of sulfone groups is 1. The highest BCUT2D eigenvalue weighted by molar-refractivity contribution is 7.91. The number of para-hydroxylation sites is 1. The van der Waals surface area contributed by atoms with E-state index in [1.807, 2.05) is 0 Å². The maximum Gasteiger partial charge on any atom is 0.244 e. The first kappa shape index (κ1) is 14.9. The van der Waals surface area contributed by atoms with Crippen LogP contribution in [0.2, 0.25) is 0 Å². The zero-order valence-corrected chi connectivity index (χ0v) is 11.6. The summed E-state index contributed by atoms with van der Waals surface area (Å²) in [5, 5.41) is 9.45. The van der Waals surface area contributed by atoms with Crippen molar-refractivity contribution in [3.05, 3.63) is 24.3 Å². The largest absolute Gasteiger partial charge is 0.507 e. The van der Waals surface area contributed by atoms with Crippen molar-refractivity contribution in [2.24, 2.45) is 0 Å². The first-order chi connectivity index (χ1) is 8.12. The maximum atomic E-state index is 11.9. The normalized spacial score (nSPS) is 14.3. The number of hydrogen-bond acceptors (Lipinski definition) is 5. The zero-order chi connectivity index (χ0) is 14.0. The summed E-state index contributed by atoms with van der Waals surface area (Å²) in [7, 11) is -7.20. The molecule has 2 N–H and O–H groups in total. The lowest BCUT2D eigenvalue weighted by molar-refractivity contribution is 0.457. The molecule has 1 atom stereocenters. The number of hydrogen-bond donors (Lipinski definition) is 2. The molecular formula is C10H15NO5S2. The smallest absolute Gasteiger partial charge is 0.244 e. The van der Waals surface area contributed by atoms with E-state index in [9.17, 15) is 21.9 Å². The summed E-state index contributed by atoms with van der Waals surface area (Å²) in [6, 6.07) is 4.68. The molecule has 0 saturated heterocycles. The van der Waals surface area contributed by atoms with Crippen LogP contribution in [0.3, 0.4) is 0 Å². The van der Waals surface area contributed by atoms with Crippen LogP contribution in [0.25, 0.3) is 0 Å². The molecule has 0 radical (unpaired) electrons. The molecule has 1 rings (SSSR count). The lowest BCUT2D eigenvalue weighted by Crippen LogP contribution is -2.37. The van der Waals surface area contributed by atoms with Crippen LogP contribution in [0.4, 0.5) is 0 Å². The monoisotopic (exact) mass is 293 g/mol. The standard InChI is InChI=1S/C10H15NO5S2/c1-8(7-17(2,13)14)11-18(15,16)10-6-4-3-5-9(10)12/h3-6,8,11-12H,7H2,1-2H3. The van der Waals surface area contributed by atoms with Crippen molar-refractivity contribution < 1.29 is 21.9 Å². The Bertz CT molecular complexity index is 621. The van der Waals surface area contributed by atoms with Gasteiger partial charge in [0.1, 0.15) is 20.5 Å². The second-order valence-corrected chi connectivity index (χ2v) is 7.95. The Labute approximate surface area is 107 Å². The number of nitrogens with one attached hydrogen (secondary N) is 1. The van der Waals surface area contributed by atoms with Gasteiger partial charge in [-0.1, -0.05) is 12.1 Å². The van der Waals surface area contributed by atoms with Gasteiger partial charge in [0.2, 0.25) is 10.0 Å². The molecule has 0 aliphatic rings. The molecule has 0 aliphatic heterocycles. The third-order valence-electron chi connectivity index (χ3n) is 2.06. The third-order valence-corrected chi connectivity index (χ3v) is 4.81. The van der Waals surface area contributed by atoms with Crippen molar-refractivity contribution in [3.63, 3.8) is 0 Å². The number of aromatic hydroxyl groups is 1. The Morgan fingerprint density at radius 1 is 1.22 bits per heavy atom. The maximum absolute atomic E-state index is 11.9. The van der Waals surface area contributed by atoms with E-state index in [0.717, 1.165) is 6.26 Å². The number of sulfonamides is 1. The van der Waals surface area contributed by atoms with Gasteiger partial charge < -0.3 is 5.11 Å². The van der Waals surface area contributed by atoms with E-state index in [-0.39, 0.29) is 16.4 Å². The van der Waals surface area contributed by atoms with Gasteiger partial charge in [0, 0.05) is 12.3 Å². The van der Waals surface area contributed by atoms with Gasteiger partial charge in [0.25, 0.3) is 0 Å². The Morgan fingerprint density at radius 2 is 1.78 bits per heavy atom. The topological polar surface area (TPSA) is 101 Å². The minimum Gasteiger partial charge on any atom is -0.507 e. The molecule has 0 fully saturated rings. The highest BCUT2D eigenvalue weighted by Gasteiger charge is 2.22. The van der Waals surface area contributed by atoms with Gasteiger partial charge in [0.05, 0.1) is 5.75 Å². The Hall–Kier alpha value is -1.12. The molecule has 8 heteroatoms. The van der Waals surface area contributed by atoms with Crippen molar-refractivity contribution in [2.45, 2.75) is 17.9 Å². The van der Waals surface area contributed by atoms with Gasteiger partial charge in [-0.05, 0) is 19.1 Å². The van der Waals surface area contributed by atoms with Crippen molar-refractivity contribution in [1.29, 1.82) is 0 Å². The van der Waals surface area contributed by atoms with Gasteiger partial charge in [-0.3, -0.25) is 0 Å². The molecule has 0 aromatic heterocycles. The van der Waals surface area contributed by atoms with Gasteiger partial charge in [-0.2, -0.15) is 0 Å². The Morgan fingerprint density at radius 3 is 2.28 bits per heavy atom. The molecular weight excluding hydrogens is 278 g/mol. The fourth-order valence-corrected chi connectivity index (χ4v) is 3.94. The first-order valence-corrected chi connectivity index (χ1v) is 8.64. The van der Waals surface area contributed by atoms with Crippen LogP contribution >= 0.6 is 0 Å². The van der Waals surface area contributed by atoms with Gasteiger partial charge in [0.15, 0.2) is 0 Å². The molecule has 1 unspecified atom stereocenters. The summed E-state index contributed by atoms with van der Waals surface area (Å²) < 4.78 is 48.1. The van der Waals surface area contributed by atoms with Crippen LogP contribution in [0, 0.1) is 0 Å². The molecule has 0 aliphatic carbocycles. The predicted octanol–water partition coefficient (Wildman–Crippen LogP) is 0.104. The van der Waals surface area contributed by atoms with Gasteiger partial charge in [-0.25, -0.2) is 21.6 Å². The zero-order valence-electron chi connectivity index (χ0n) is 9.99. The fourth-order valence-electron chi connectivity index (χ4n) is 1.50. The van der Waals surface area contributed by atoms with Crippen LogP contribution in [-0.4, -0.2) is 40.0 Å². The van der Waals surface area contributed by atoms with E-state index in [4.69, 9.17) is 0 Å². The SMILES string of the molecule is CC(CS(C)(=O)=O)NS(=O)(=O)c1ccccc1O. The van der Waals surface area contributed by atoms with Gasteiger partial charge >= 0.3 is 0 Å². The lowest BCUT2D eigenvalue weighted by Gasteiger charge is -2.13. The number of phenolic OH excluding ortho intramolecular Hbond substituents is 1. The quantitative estimate of drug-likeness (QED) is 0.802. The van der Waals surface area contributed by atoms with Crippen LogP contribution in [-0.2, 0) is 19.9 Å². The second kappa shape index (κ2) is 5.25. The summed E-state index contributed by atoms with van der Waals surface area (Å²) >= 11 is 0. The molecule has 0 spiro atoms. The lowest BCUT2D eigenvalue weighted by atomic mass is 10.3. The summed E-state index contributed by atoms with van der Waals surface area (Å²) in [5.74, 6) is -0.684. The highest BCUT2D eigenvalue weighted by atomic mass is 32.2. The van der Waals surface area contributed by atoms with E-state index in [0.29, 0.717) is 0 Å². The Balaban J connectivity index is 2.93. The number of phenols is 1. The molecule has 6 nitrogen and oxygen atoms in total. The van der Waals surface area contributed by atoms with Crippen molar-refractivity contribution in [2.75, 3.05) is 12.0 Å². The van der Waals surface area contributed by atoms with Crippen LogP contribution < -0.4 is 4.72 Å². The van der Waals surface area contributed by atoms with Crippen LogP contribution in [0.1, 0.15) is 6.92 Å². The second-order valence-electron chi connectivity index (χ2n) is 4.08. The fraction of sp³-hybridized carbons (Fsp3) is 0.400. The number of rotatable bonds is 5. The minimum absolute atomic E-state index is 0.273. The molecule has 102 valence electrons. The minimum atomic E-state index is -3.93. The van der Waals surface area contributed by atoms with Crippen LogP contribution in [0.15, 0.2) is 29.2 Å². The van der Waals surface area contributed by atoms with Crippen LogP contribution in [0.5, 0.6) is 5.75 Å². The van der Waals surface area contributed by atoms with E-state index in [2.05, 4.69) is 4.72 Å². The molecule has 0 amide bonds. The summed E-state index contributed by atoms with van der Waals surface area (Å²) in [5.41, 5.74) is 0. The van der Waals surface area contributed by atoms with Crippen molar-refractivity contribution >= 4 is 19.9 Å². The molecule has 0 bridgehead atoms. The number of benzene rings is 1. The third kappa shape index (κ3) is 4.28. The van der Waals surface area contributed by atoms with Crippen molar-refractivity contribution in [1.82, 2.24) is 4.72 Å². The summed E-state index contributed by atoms with van der Waals surface area (Å²) in [6.07, 6.45) is 1.03. The van der Waals surface area contributed by atoms with Crippen molar-refractivity contribution in [3.8, 4) is 5.75 Å². The molecule has 0 saturated carbocycles. The van der Waals surface area contributed by atoms with E-state index >= 15 is 0 Å². The van der Waals surface area contributed by atoms with Gasteiger partial charge in [-0.15, -0.1) is 0 Å². The highest BCUT2D eigenvalue weighted by Crippen LogP contribution is 2.21. The molecule has 1 aromatic carbocycles.